The second kappa shape index (κ2) is 6.73. The van der Waals surface area contributed by atoms with Crippen molar-refractivity contribution in [2.75, 3.05) is 13.7 Å². The normalized spacial score (nSPS) is 23.3. The number of aromatic nitrogens is 1. The highest BCUT2D eigenvalue weighted by Crippen LogP contribution is 2.18. The van der Waals surface area contributed by atoms with Gasteiger partial charge >= 0.3 is 0 Å². The molecule has 19 heavy (non-hydrogen) atoms. The Balaban J connectivity index is 1.97. The first-order valence-corrected chi connectivity index (χ1v) is 6.85. The number of hydrogen-bond donors (Lipinski definition) is 2. The van der Waals surface area contributed by atoms with Crippen molar-refractivity contribution in [1.82, 2.24) is 9.88 Å². The van der Waals surface area contributed by atoms with Crippen molar-refractivity contribution < 1.29 is 14.6 Å². The lowest BCUT2D eigenvalue weighted by atomic mass is 9.92. The number of carbonyl (C=O) groups is 1. The summed E-state index contributed by atoms with van der Waals surface area (Å²) in [6.07, 6.45) is 5.18. The minimum atomic E-state index is -0.417. The van der Waals surface area contributed by atoms with E-state index >= 15 is 0 Å². The first kappa shape index (κ1) is 14.1. The number of amides is 1. The third-order valence-corrected chi connectivity index (χ3v) is 3.64. The molecule has 0 unspecified atom stereocenters. The third-order valence-electron chi connectivity index (χ3n) is 3.64. The lowest BCUT2D eigenvalue weighted by molar-refractivity contribution is 0.0709. The molecule has 106 valence electrons. The van der Waals surface area contributed by atoms with Gasteiger partial charge in [-0.15, -0.1) is 0 Å². The summed E-state index contributed by atoms with van der Waals surface area (Å²) in [5, 5.41) is 12.8. The summed E-state index contributed by atoms with van der Waals surface area (Å²) in [6, 6.07) is 3.52. The molecule has 1 aromatic rings. The lowest BCUT2D eigenvalue weighted by Crippen LogP contribution is -2.45. The van der Waals surface area contributed by atoms with E-state index in [0.29, 0.717) is 18.8 Å². The Labute approximate surface area is 113 Å². The van der Waals surface area contributed by atoms with Crippen LogP contribution in [0.1, 0.15) is 36.2 Å². The van der Waals surface area contributed by atoms with Gasteiger partial charge in [0.15, 0.2) is 0 Å². The Kier molecular flexibility index (Phi) is 4.99. The van der Waals surface area contributed by atoms with Crippen LogP contribution in [0.5, 0.6) is 0 Å². The highest BCUT2D eigenvalue weighted by atomic mass is 16.5. The number of rotatable bonds is 5. The summed E-state index contributed by atoms with van der Waals surface area (Å²) >= 11 is 0. The largest absolute Gasteiger partial charge is 0.391 e. The Bertz CT molecular complexity index is 417. The van der Waals surface area contributed by atoms with Gasteiger partial charge in [-0.3, -0.25) is 4.79 Å². The molecule has 0 bridgehead atoms. The number of nitrogens with one attached hydrogen (secondary N) is 1. The number of carbonyl (C=O) groups excluding carboxylic acids is 1. The van der Waals surface area contributed by atoms with Crippen molar-refractivity contribution in [1.29, 1.82) is 0 Å². The predicted molar refractivity (Wildman–Crippen MR) is 72.0 cm³/mol. The smallest absolute Gasteiger partial charge is 0.268 e. The zero-order valence-corrected chi connectivity index (χ0v) is 11.3. The number of nitrogens with zero attached hydrogens (tertiary/aromatic N) is 1. The molecular weight excluding hydrogens is 244 g/mol. The van der Waals surface area contributed by atoms with Gasteiger partial charge in [0.25, 0.3) is 5.91 Å². The molecule has 5 nitrogen and oxygen atoms in total. The van der Waals surface area contributed by atoms with Crippen LogP contribution in [0.4, 0.5) is 0 Å². The maximum atomic E-state index is 12.2. The minimum absolute atomic E-state index is 0.118. The van der Waals surface area contributed by atoms with Crippen LogP contribution in [0, 0.1) is 0 Å². The number of ether oxygens (including phenoxy) is 1. The van der Waals surface area contributed by atoms with Gasteiger partial charge in [-0.25, -0.2) is 0 Å². The Hall–Kier alpha value is -1.33. The van der Waals surface area contributed by atoms with Gasteiger partial charge in [-0.2, -0.15) is 0 Å². The molecule has 5 heteroatoms. The van der Waals surface area contributed by atoms with Gasteiger partial charge in [0, 0.05) is 19.9 Å². The SMILES string of the molecule is COCCn1cccc1C(=O)N[C@@H]1CCCC[C@H]1O. The molecule has 0 aliphatic heterocycles. The summed E-state index contributed by atoms with van der Waals surface area (Å²) < 4.78 is 6.89. The predicted octanol–water partition coefficient (Wildman–Crippen LogP) is 1.17. The van der Waals surface area contributed by atoms with Gasteiger partial charge in [-0.05, 0) is 25.0 Å². The highest BCUT2D eigenvalue weighted by molar-refractivity contribution is 5.93. The van der Waals surface area contributed by atoms with E-state index in [-0.39, 0.29) is 11.9 Å². The molecule has 1 heterocycles. The number of methoxy groups -OCH3 is 1. The summed E-state index contributed by atoms with van der Waals surface area (Å²) in [4.78, 5) is 12.2. The van der Waals surface area contributed by atoms with E-state index < -0.39 is 6.10 Å². The fourth-order valence-corrected chi connectivity index (χ4v) is 2.53. The molecule has 1 amide bonds. The molecule has 1 aromatic heterocycles. The van der Waals surface area contributed by atoms with E-state index in [2.05, 4.69) is 5.32 Å². The van der Waals surface area contributed by atoms with Crippen LogP contribution in [0.2, 0.25) is 0 Å². The zero-order valence-electron chi connectivity index (χ0n) is 11.3. The molecule has 0 radical (unpaired) electrons. The first-order valence-electron chi connectivity index (χ1n) is 6.85. The standard InChI is InChI=1S/C14H22N2O3/c1-19-10-9-16-8-4-6-12(16)14(18)15-11-5-2-3-7-13(11)17/h4,6,8,11,13,17H,2-3,5,7,9-10H2,1H3,(H,15,18)/t11-,13-/m1/s1. The van der Waals surface area contributed by atoms with Gasteiger partial charge in [0.2, 0.25) is 0 Å². The van der Waals surface area contributed by atoms with E-state index in [4.69, 9.17) is 4.74 Å². The molecule has 2 rings (SSSR count). The summed E-state index contributed by atoms with van der Waals surface area (Å²) in [7, 11) is 1.64. The van der Waals surface area contributed by atoms with Crippen LogP contribution >= 0.6 is 0 Å². The van der Waals surface area contributed by atoms with Gasteiger partial charge < -0.3 is 19.7 Å². The number of aliphatic hydroxyl groups is 1. The number of aliphatic hydroxyl groups excluding tert-OH is 1. The van der Waals surface area contributed by atoms with Crippen LogP contribution in [-0.2, 0) is 11.3 Å². The van der Waals surface area contributed by atoms with Crippen LogP contribution < -0.4 is 5.32 Å². The Morgan fingerprint density at radius 3 is 3.05 bits per heavy atom. The summed E-state index contributed by atoms with van der Waals surface area (Å²) in [6.45, 7) is 1.22. The van der Waals surface area contributed by atoms with Crippen LogP contribution in [-0.4, -0.2) is 41.4 Å². The molecule has 2 N–H and O–H groups in total. The molecule has 1 fully saturated rings. The van der Waals surface area contributed by atoms with E-state index in [1.807, 2.05) is 16.8 Å². The first-order chi connectivity index (χ1) is 9.22. The van der Waals surface area contributed by atoms with Crippen LogP contribution in [0.3, 0.4) is 0 Å². The van der Waals surface area contributed by atoms with E-state index in [1.54, 1.807) is 13.2 Å². The van der Waals surface area contributed by atoms with Gasteiger partial charge in [0.05, 0.1) is 18.8 Å². The second-order valence-electron chi connectivity index (χ2n) is 5.01. The van der Waals surface area contributed by atoms with E-state index in [0.717, 1.165) is 25.7 Å². The third kappa shape index (κ3) is 3.58. The Morgan fingerprint density at radius 2 is 2.32 bits per heavy atom. The van der Waals surface area contributed by atoms with Crippen molar-refractivity contribution in [2.24, 2.45) is 0 Å². The monoisotopic (exact) mass is 266 g/mol. The lowest BCUT2D eigenvalue weighted by Gasteiger charge is -2.28. The molecule has 1 aliphatic rings. The molecule has 0 saturated heterocycles. The van der Waals surface area contributed by atoms with Crippen molar-refractivity contribution in [2.45, 2.75) is 44.4 Å². The number of hydrogen-bond acceptors (Lipinski definition) is 3. The fraction of sp³-hybridized carbons (Fsp3) is 0.643. The molecule has 1 aliphatic carbocycles. The molecule has 1 saturated carbocycles. The maximum absolute atomic E-state index is 12.2. The highest BCUT2D eigenvalue weighted by Gasteiger charge is 2.25. The van der Waals surface area contributed by atoms with E-state index in [9.17, 15) is 9.90 Å². The maximum Gasteiger partial charge on any atom is 0.268 e. The van der Waals surface area contributed by atoms with Crippen molar-refractivity contribution in [3.8, 4) is 0 Å². The van der Waals surface area contributed by atoms with E-state index in [1.165, 1.54) is 0 Å². The van der Waals surface area contributed by atoms with Crippen molar-refractivity contribution in [3.63, 3.8) is 0 Å². The average Bonchev–Trinajstić information content (AvgIpc) is 2.87. The molecular formula is C14H22N2O3. The zero-order chi connectivity index (χ0) is 13.7. The molecule has 0 spiro atoms. The van der Waals surface area contributed by atoms with Gasteiger partial charge in [0.1, 0.15) is 5.69 Å². The topological polar surface area (TPSA) is 63.5 Å². The van der Waals surface area contributed by atoms with Crippen molar-refractivity contribution in [3.05, 3.63) is 24.0 Å². The van der Waals surface area contributed by atoms with Gasteiger partial charge in [-0.1, -0.05) is 12.8 Å². The second-order valence-corrected chi connectivity index (χ2v) is 5.01. The fourth-order valence-electron chi connectivity index (χ4n) is 2.53. The molecule has 0 aromatic carbocycles. The minimum Gasteiger partial charge on any atom is -0.391 e. The summed E-state index contributed by atoms with van der Waals surface area (Å²) in [5.41, 5.74) is 0.620. The van der Waals surface area contributed by atoms with Crippen molar-refractivity contribution >= 4 is 5.91 Å². The average molecular weight is 266 g/mol. The quantitative estimate of drug-likeness (QED) is 0.841. The van der Waals surface area contributed by atoms with Crippen LogP contribution in [0.15, 0.2) is 18.3 Å². The van der Waals surface area contributed by atoms with Crippen LogP contribution in [0.25, 0.3) is 0 Å². The Morgan fingerprint density at radius 1 is 1.53 bits per heavy atom. The molecule has 2 atom stereocenters. The summed E-state index contributed by atoms with van der Waals surface area (Å²) in [5.74, 6) is -0.118.